The molecule has 2 aromatic carbocycles. The topological polar surface area (TPSA) is 104 Å². The van der Waals surface area contributed by atoms with Crippen molar-refractivity contribution in [3.63, 3.8) is 0 Å². The fraction of sp³-hybridized carbons (Fsp3) is 0.414. The molecule has 1 aliphatic carbocycles. The third-order valence-electron chi connectivity index (χ3n) is 6.94. The number of hydrogen-bond donors (Lipinski definition) is 1. The van der Waals surface area contributed by atoms with Crippen LogP contribution >= 0.6 is 0 Å². The largest absolute Gasteiger partial charge is 0.504 e. The fourth-order valence-corrected chi connectivity index (χ4v) is 5.27. The van der Waals surface area contributed by atoms with E-state index in [-0.39, 0.29) is 30.0 Å². The number of aromatic hydroxyl groups is 1. The van der Waals surface area contributed by atoms with E-state index in [1.54, 1.807) is 53.2 Å². The molecule has 0 spiro atoms. The standard InChI is InChI=1S/C29H33NO7/c1-15(2)37-29(33)26-16(3)30-20-11-19(17-7-10-24(35-5)25(14-17)36-6)13-22(32)28(20)27(26)18-8-9-23(34-4)21(31)12-18/h7-10,12,14-15,19,26-27,31H,11,13H2,1-6H3. The first-order chi connectivity index (χ1) is 17.7. The lowest BCUT2D eigenvalue weighted by Gasteiger charge is -2.37. The third-order valence-corrected chi connectivity index (χ3v) is 6.94. The van der Waals surface area contributed by atoms with Gasteiger partial charge in [0.1, 0.15) is 5.92 Å². The van der Waals surface area contributed by atoms with Crippen molar-refractivity contribution in [3.8, 4) is 23.0 Å². The summed E-state index contributed by atoms with van der Waals surface area (Å²) in [6.07, 6.45) is 0.462. The van der Waals surface area contributed by atoms with Gasteiger partial charge in [-0.3, -0.25) is 14.6 Å². The number of allylic oxidation sites excluding steroid dienone is 2. The smallest absolute Gasteiger partial charge is 0.315 e. The molecule has 0 amide bonds. The molecule has 1 N–H and O–H groups in total. The molecule has 0 fully saturated rings. The van der Waals surface area contributed by atoms with Crippen molar-refractivity contribution in [2.24, 2.45) is 10.9 Å². The number of carbonyl (C=O) groups is 2. The van der Waals surface area contributed by atoms with Gasteiger partial charge in [0.05, 0.1) is 27.4 Å². The van der Waals surface area contributed by atoms with Crippen LogP contribution in [-0.4, -0.2) is 50.0 Å². The Morgan fingerprint density at radius 2 is 1.59 bits per heavy atom. The molecule has 0 radical (unpaired) electrons. The molecule has 8 nitrogen and oxygen atoms in total. The zero-order valence-electron chi connectivity index (χ0n) is 22.0. The lowest BCUT2D eigenvalue weighted by Crippen LogP contribution is -2.38. The number of phenols is 1. The van der Waals surface area contributed by atoms with Crippen LogP contribution in [0.25, 0.3) is 0 Å². The van der Waals surface area contributed by atoms with Gasteiger partial charge in [0, 0.05) is 29.3 Å². The van der Waals surface area contributed by atoms with Gasteiger partial charge >= 0.3 is 5.97 Å². The van der Waals surface area contributed by atoms with Gasteiger partial charge in [0.15, 0.2) is 28.8 Å². The van der Waals surface area contributed by atoms with E-state index in [9.17, 15) is 14.7 Å². The Hall–Kier alpha value is -3.81. The van der Waals surface area contributed by atoms with E-state index in [0.29, 0.717) is 46.2 Å². The summed E-state index contributed by atoms with van der Waals surface area (Å²) in [7, 11) is 4.62. The van der Waals surface area contributed by atoms with Crippen LogP contribution in [0.15, 0.2) is 52.7 Å². The molecule has 1 aliphatic heterocycles. The molecule has 4 rings (SSSR count). The second kappa shape index (κ2) is 10.7. The van der Waals surface area contributed by atoms with Crippen molar-refractivity contribution in [1.29, 1.82) is 0 Å². The number of carbonyl (C=O) groups excluding carboxylic acids is 2. The maximum Gasteiger partial charge on any atom is 0.315 e. The minimum absolute atomic E-state index is 0.0650. The van der Waals surface area contributed by atoms with Crippen LogP contribution in [0.3, 0.4) is 0 Å². The van der Waals surface area contributed by atoms with Crippen LogP contribution in [0.2, 0.25) is 0 Å². The van der Waals surface area contributed by atoms with E-state index in [2.05, 4.69) is 0 Å². The number of ketones is 1. The van der Waals surface area contributed by atoms with Gasteiger partial charge in [-0.2, -0.15) is 0 Å². The van der Waals surface area contributed by atoms with Crippen molar-refractivity contribution in [2.45, 2.75) is 51.6 Å². The molecule has 2 aromatic rings. The van der Waals surface area contributed by atoms with Crippen LogP contribution in [0.1, 0.15) is 56.6 Å². The predicted octanol–water partition coefficient (Wildman–Crippen LogP) is 4.94. The van der Waals surface area contributed by atoms with Crippen molar-refractivity contribution in [2.75, 3.05) is 21.3 Å². The monoisotopic (exact) mass is 507 g/mol. The van der Waals surface area contributed by atoms with Crippen LogP contribution in [0, 0.1) is 5.92 Å². The minimum Gasteiger partial charge on any atom is -0.504 e. The molecule has 196 valence electrons. The average Bonchev–Trinajstić information content (AvgIpc) is 2.86. The van der Waals surface area contributed by atoms with Gasteiger partial charge in [-0.15, -0.1) is 0 Å². The SMILES string of the molecule is COc1ccc(C2C3=C(CC(c4ccc(OC)c(OC)c4)CC3=O)N=C(C)C2C(=O)OC(C)C)cc1O. The van der Waals surface area contributed by atoms with E-state index in [1.807, 2.05) is 18.2 Å². The van der Waals surface area contributed by atoms with Gasteiger partial charge < -0.3 is 24.1 Å². The first kappa shape index (κ1) is 26.3. The van der Waals surface area contributed by atoms with E-state index in [0.717, 1.165) is 5.56 Å². The number of aliphatic imine (C=N–C) groups is 1. The summed E-state index contributed by atoms with van der Waals surface area (Å²) in [4.78, 5) is 31.8. The molecule has 1 heterocycles. The molecule has 0 bridgehead atoms. The van der Waals surface area contributed by atoms with Gasteiger partial charge in [0.25, 0.3) is 0 Å². The highest BCUT2D eigenvalue weighted by Gasteiger charge is 2.45. The van der Waals surface area contributed by atoms with Crippen LogP contribution in [-0.2, 0) is 14.3 Å². The number of nitrogens with zero attached hydrogens (tertiary/aromatic N) is 1. The molecule has 37 heavy (non-hydrogen) atoms. The maximum absolute atomic E-state index is 13.8. The number of rotatable bonds is 7. The molecule has 0 saturated heterocycles. The van der Waals surface area contributed by atoms with Crippen LogP contribution < -0.4 is 14.2 Å². The van der Waals surface area contributed by atoms with Crippen molar-refractivity contribution >= 4 is 17.5 Å². The van der Waals surface area contributed by atoms with E-state index in [4.69, 9.17) is 23.9 Å². The lowest BCUT2D eigenvalue weighted by molar-refractivity contribution is -0.150. The molecule has 0 saturated carbocycles. The highest BCUT2D eigenvalue weighted by Crippen LogP contribution is 2.48. The van der Waals surface area contributed by atoms with Gasteiger partial charge in [-0.05, 0) is 68.5 Å². The predicted molar refractivity (Wildman–Crippen MR) is 139 cm³/mol. The summed E-state index contributed by atoms with van der Waals surface area (Å²) in [5.41, 5.74) is 3.31. The Balaban J connectivity index is 1.79. The summed E-state index contributed by atoms with van der Waals surface area (Å²) in [6, 6.07) is 10.6. The molecular weight excluding hydrogens is 474 g/mol. The number of benzene rings is 2. The highest BCUT2D eigenvalue weighted by molar-refractivity contribution is 6.09. The first-order valence-electron chi connectivity index (χ1n) is 12.3. The molecular formula is C29H33NO7. The minimum atomic E-state index is -0.782. The third kappa shape index (κ3) is 5.05. The van der Waals surface area contributed by atoms with E-state index >= 15 is 0 Å². The summed E-state index contributed by atoms with van der Waals surface area (Å²) >= 11 is 0. The lowest BCUT2D eigenvalue weighted by atomic mass is 9.69. The summed E-state index contributed by atoms with van der Waals surface area (Å²) < 4.78 is 21.6. The van der Waals surface area contributed by atoms with Crippen LogP contribution in [0.4, 0.5) is 0 Å². The van der Waals surface area contributed by atoms with Crippen molar-refractivity contribution < 1.29 is 33.6 Å². The van der Waals surface area contributed by atoms with Gasteiger partial charge in [0.2, 0.25) is 0 Å². The molecule has 3 unspecified atom stereocenters. The van der Waals surface area contributed by atoms with Crippen LogP contribution in [0.5, 0.6) is 23.0 Å². The fourth-order valence-electron chi connectivity index (χ4n) is 5.27. The number of phenolic OH excluding ortho intramolecular Hbond substituents is 1. The summed E-state index contributed by atoms with van der Waals surface area (Å²) in [6.45, 7) is 5.36. The maximum atomic E-state index is 13.8. The summed E-state index contributed by atoms with van der Waals surface area (Å²) in [5, 5.41) is 10.5. The molecule has 3 atom stereocenters. The molecule has 8 heteroatoms. The number of esters is 1. The summed E-state index contributed by atoms with van der Waals surface area (Å²) in [5.74, 6) is -0.590. The van der Waals surface area contributed by atoms with Gasteiger partial charge in [-0.25, -0.2) is 0 Å². The zero-order chi connectivity index (χ0) is 26.9. The number of ether oxygens (including phenoxy) is 4. The quantitative estimate of drug-likeness (QED) is 0.529. The Bertz CT molecular complexity index is 1280. The number of Topliss-reactive ketones (excluding diaryl/α,β-unsaturated/α-hetero) is 1. The average molecular weight is 508 g/mol. The number of methoxy groups -OCH3 is 3. The van der Waals surface area contributed by atoms with E-state index in [1.165, 1.54) is 7.11 Å². The highest BCUT2D eigenvalue weighted by atomic mass is 16.5. The Labute approximate surface area is 216 Å². The van der Waals surface area contributed by atoms with Gasteiger partial charge in [-0.1, -0.05) is 12.1 Å². The van der Waals surface area contributed by atoms with Crippen molar-refractivity contribution in [3.05, 3.63) is 58.8 Å². The normalized spacial score (nSPS) is 21.3. The Kier molecular flexibility index (Phi) is 7.57. The molecule has 0 aromatic heterocycles. The second-order valence-electron chi connectivity index (χ2n) is 9.63. The second-order valence-corrected chi connectivity index (χ2v) is 9.63. The van der Waals surface area contributed by atoms with Crippen molar-refractivity contribution in [1.82, 2.24) is 0 Å². The first-order valence-corrected chi connectivity index (χ1v) is 12.3. The Morgan fingerprint density at radius 1 is 0.946 bits per heavy atom. The number of hydrogen-bond acceptors (Lipinski definition) is 8. The molecule has 2 aliphatic rings. The zero-order valence-corrected chi connectivity index (χ0v) is 22.0. The van der Waals surface area contributed by atoms with E-state index < -0.39 is 17.8 Å². The Morgan fingerprint density at radius 3 is 2.22 bits per heavy atom.